The fourth-order valence-electron chi connectivity index (χ4n) is 4.86. The number of carbonyl (C=O) groups excluding carboxylic acids is 1. The maximum Gasteiger partial charge on any atom is 0.305 e. The van der Waals surface area contributed by atoms with Crippen LogP contribution in [0.15, 0.2) is 83.9 Å². The van der Waals surface area contributed by atoms with Crippen molar-refractivity contribution in [3.05, 3.63) is 84.4 Å². The first-order valence-corrected chi connectivity index (χ1v) is 11.9. The van der Waals surface area contributed by atoms with E-state index in [9.17, 15) is 14.7 Å². The van der Waals surface area contributed by atoms with Gasteiger partial charge in [-0.25, -0.2) is 4.99 Å². The fourth-order valence-corrected chi connectivity index (χ4v) is 4.86. The molecule has 1 N–H and O–H groups in total. The Balaban J connectivity index is 1.56. The van der Waals surface area contributed by atoms with Crippen LogP contribution < -0.4 is 4.90 Å². The van der Waals surface area contributed by atoms with Gasteiger partial charge in [-0.2, -0.15) is 0 Å². The summed E-state index contributed by atoms with van der Waals surface area (Å²) < 4.78 is 0. The Hall–Kier alpha value is -4.13. The molecule has 1 fully saturated rings. The molecular weight excluding hydrogens is 440 g/mol. The Morgan fingerprint density at radius 1 is 0.857 bits per heavy atom. The molecule has 0 radical (unpaired) electrons. The highest BCUT2D eigenvalue weighted by Crippen LogP contribution is 2.41. The number of hydrogen-bond acceptors (Lipinski definition) is 5. The molecule has 2 aliphatic heterocycles. The van der Waals surface area contributed by atoms with E-state index in [1.807, 2.05) is 59.5 Å². The minimum atomic E-state index is -0.863. The van der Waals surface area contributed by atoms with Gasteiger partial charge in [0.05, 0.1) is 18.2 Å². The number of para-hydroxylation sites is 1. The van der Waals surface area contributed by atoms with Crippen molar-refractivity contribution in [3.8, 4) is 11.1 Å². The van der Waals surface area contributed by atoms with Crippen LogP contribution in [0.5, 0.6) is 0 Å². The smallest absolute Gasteiger partial charge is 0.305 e. The summed E-state index contributed by atoms with van der Waals surface area (Å²) in [4.78, 5) is 34.9. The molecule has 1 unspecified atom stereocenters. The number of amides is 1. The fraction of sp³-hybridized carbons (Fsp3) is 0.250. The summed E-state index contributed by atoms with van der Waals surface area (Å²) in [5, 5.41) is 9.82. The van der Waals surface area contributed by atoms with Crippen molar-refractivity contribution in [2.24, 2.45) is 4.99 Å². The topological polar surface area (TPSA) is 76.5 Å². The van der Waals surface area contributed by atoms with Gasteiger partial charge in [-0.05, 0) is 29.3 Å². The highest BCUT2D eigenvalue weighted by Gasteiger charge is 2.36. The molecule has 0 aliphatic carbocycles. The number of benzene rings is 3. The number of nitrogens with zero attached hydrogens (tertiary/aromatic N) is 4. The van der Waals surface area contributed by atoms with Gasteiger partial charge in [0.25, 0.3) is 0 Å². The average molecular weight is 469 g/mol. The van der Waals surface area contributed by atoms with E-state index >= 15 is 0 Å². The van der Waals surface area contributed by atoms with E-state index in [0.29, 0.717) is 26.2 Å². The van der Waals surface area contributed by atoms with E-state index in [2.05, 4.69) is 34.1 Å². The van der Waals surface area contributed by atoms with Gasteiger partial charge >= 0.3 is 5.97 Å². The highest BCUT2D eigenvalue weighted by molar-refractivity contribution is 6.01. The molecule has 5 rings (SSSR count). The summed E-state index contributed by atoms with van der Waals surface area (Å²) in [7, 11) is 0. The van der Waals surface area contributed by atoms with Crippen molar-refractivity contribution in [1.82, 2.24) is 9.80 Å². The first kappa shape index (κ1) is 22.7. The molecule has 0 spiro atoms. The molecule has 35 heavy (non-hydrogen) atoms. The Bertz CT molecular complexity index is 1250. The van der Waals surface area contributed by atoms with Crippen molar-refractivity contribution in [3.63, 3.8) is 0 Å². The molecule has 1 atom stereocenters. The van der Waals surface area contributed by atoms with Gasteiger partial charge < -0.3 is 19.8 Å². The molecular formula is C28H28N4O3. The molecule has 1 amide bonds. The van der Waals surface area contributed by atoms with Crippen molar-refractivity contribution in [2.75, 3.05) is 31.1 Å². The lowest BCUT2D eigenvalue weighted by Crippen LogP contribution is -2.56. The predicted octanol–water partition coefficient (Wildman–Crippen LogP) is 4.54. The van der Waals surface area contributed by atoms with Crippen molar-refractivity contribution in [2.45, 2.75) is 19.4 Å². The number of carboxylic acid groups (broad SMARTS) is 1. The van der Waals surface area contributed by atoms with E-state index in [-0.39, 0.29) is 12.3 Å². The quantitative estimate of drug-likeness (QED) is 0.608. The number of aliphatic imine (C=N–C) groups is 1. The normalized spacial score (nSPS) is 17.6. The summed E-state index contributed by atoms with van der Waals surface area (Å²) >= 11 is 0. The van der Waals surface area contributed by atoms with Crippen LogP contribution in [0.3, 0.4) is 0 Å². The van der Waals surface area contributed by atoms with Crippen LogP contribution in [0, 0.1) is 0 Å². The van der Waals surface area contributed by atoms with Gasteiger partial charge in [-0.15, -0.1) is 0 Å². The number of anilines is 1. The summed E-state index contributed by atoms with van der Waals surface area (Å²) in [6.45, 7) is 4.09. The third-order valence-electron chi connectivity index (χ3n) is 6.67. The number of carbonyl (C=O) groups is 2. The van der Waals surface area contributed by atoms with Gasteiger partial charge in [0.2, 0.25) is 11.9 Å². The van der Waals surface area contributed by atoms with E-state index < -0.39 is 12.0 Å². The molecule has 178 valence electrons. The summed E-state index contributed by atoms with van der Waals surface area (Å²) in [5.41, 5.74) is 4.79. The van der Waals surface area contributed by atoms with Gasteiger partial charge in [0, 0.05) is 44.4 Å². The van der Waals surface area contributed by atoms with Gasteiger partial charge in [0.15, 0.2) is 0 Å². The summed E-state index contributed by atoms with van der Waals surface area (Å²) in [6, 6.07) is 25.7. The van der Waals surface area contributed by atoms with Crippen LogP contribution in [0.2, 0.25) is 0 Å². The van der Waals surface area contributed by atoms with Gasteiger partial charge in [0.1, 0.15) is 0 Å². The van der Waals surface area contributed by atoms with Crippen LogP contribution >= 0.6 is 0 Å². The maximum atomic E-state index is 12.0. The number of aliphatic carboxylic acids is 1. The highest BCUT2D eigenvalue weighted by atomic mass is 16.4. The molecule has 3 aromatic rings. The number of rotatable bonds is 4. The number of fused-ring (bicyclic) bond motifs is 1. The zero-order chi connectivity index (χ0) is 24.4. The molecule has 0 aromatic heterocycles. The standard InChI is InChI=1S/C28H28N4O3/c1-20(33)30-15-17-31(18-16-30)28-29-25-10-6-5-9-24(25)26(19-27(34)35)32(28)23-13-11-22(12-14-23)21-7-3-2-4-8-21/h2-14,26H,15-19H2,1H3,(H,34,35). The van der Waals surface area contributed by atoms with Crippen molar-refractivity contribution < 1.29 is 14.7 Å². The number of guanidine groups is 1. The molecule has 2 heterocycles. The predicted molar refractivity (Wildman–Crippen MR) is 137 cm³/mol. The van der Waals surface area contributed by atoms with Crippen molar-refractivity contribution in [1.29, 1.82) is 0 Å². The third kappa shape index (κ3) is 4.62. The molecule has 3 aromatic carbocycles. The second-order valence-electron chi connectivity index (χ2n) is 8.86. The summed E-state index contributed by atoms with van der Waals surface area (Å²) in [5.74, 6) is -0.0679. The third-order valence-corrected chi connectivity index (χ3v) is 6.67. The molecule has 0 saturated carbocycles. The summed E-state index contributed by atoms with van der Waals surface area (Å²) in [6.07, 6.45) is -0.0517. The zero-order valence-corrected chi connectivity index (χ0v) is 19.7. The Kier molecular flexibility index (Phi) is 6.23. The number of hydrogen-bond donors (Lipinski definition) is 1. The SMILES string of the molecule is CC(=O)N1CCN(C2=Nc3ccccc3C(CC(=O)O)N2c2ccc(-c3ccccc3)cc2)CC1. The number of piperazine rings is 1. The largest absolute Gasteiger partial charge is 0.481 e. The second-order valence-corrected chi connectivity index (χ2v) is 8.86. The van der Waals surface area contributed by atoms with Crippen LogP contribution in [-0.4, -0.2) is 58.9 Å². The monoisotopic (exact) mass is 468 g/mol. The minimum absolute atomic E-state index is 0.0517. The van der Waals surface area contributed by atoms with Crippen LogP contribution in [0.25, 0.3) is 11.1 Å². The minimum Gasteiger partial charge on any atom is -0.481 e. The van der Waals surface area contributed by atoms with E-state index in [0.717, 1.165) is 34.0 Å². The lowest BCUT2D eigenvalue weighted by Gasteiger charge is -2.44. The molecule has 0 bridgehead atoms. The lowest BCUT2D eigenvalue weighted by atomic mass is 9.97. The van der Waals surface area contributed by atoms with Crippen LogP contribution in [-0.2, 0) is 9.59 Å². The Morgan fingerprint density at radius 2 is 1.49 bits per heavy atom. The number of carboxylic acids is 1. The first-order chi connectivity index (χ1) is 17.0. The van der Waals surface area contributed by atoms with Gasteiger partial charge in [-0.3, -0.25) is 9.59 Å². The lowest BCUT2D eigenvalue weighted by molar-refractivity contribution is -0.137. The molecule has 1 saturated heterocycles. The Labute approximate surface area is 204 Å². The van der Waals surface area contributed by atoms with E-state index in [1.165, 1.54) is 0 Å². The second kappa shape index (κ2) is 9.62. The van der Waals surface area contributed by atoms with Crippen LogP contribution in [0.4, 0.5) is 11.4 Å². The van der Waals surface area contributed by atoms with Crippen molar-refractivity contribution >= 4 is 29.2 Å². The zero-order valence-electron chi connectivity index (χ0n) is 19.7. The Morgan fingerprint density at radius 3 is 2.14 bits per heavy atom. The average Bonchev–Trinajstić information content (AvgIpc) is 2.89. The van der Waals surface area contributed by atoms with E-state index in [4.69, 9.17) is 4.99 Å². The molecule has 7 heteroatoms. The molecule has 2 aliphatic rings. The first-order valence-electron chi connectivity index (χ1n) is 11.9. The molecule has 7 nitrogen and oxygen atoms in total. The van der Waals surface area contributed by atoms with Gasteiger partial charge in [-0.1, -0.05) is 60.7 Å². The van der Waals surface area contributed by atoms with Crippen LogP contribution in [0.1, 0.15) is 24.9 Å². The van der Waals surface area contributed by atoms with E-state index in [1.54, 1.807) is 6.92 Å². The maximum absolute atomic E-state index is 12.0.